The maximum absolute atomic E-state index is 5.60. The molecule has 0 spiro atoms. The van der Waals surface area contributed by atoms with Crippen molar-refractivity contribution < 1.29 is 4.74 Å². The quantitative estimate of drug-likeness (QED) is 0.484. The van der Waals surface area contributed by atoms with Gasteiger partial charge in [-0.3, -0.25) is 0 Å². The molecule has 1 aromatic rings. The molecule has 2 heterocycles. The Hall–Kier alpha value is -0.330. The summed E-state index contributed by atoms with van der Waals surface area (Å²) in [7, 11) is 0. The highest BCUT2D eigenvalue weighted by molar-refractivity contribution is 9.09. The number of aromatic nitrogens is 2. The van der Waals surface area contributed by atoms with Gasteiger partial charge in [0.1, 0.15) is 17.2 Å². The summed E-state index contributed by atoms with van der Waals surface area (Å²) in [4.78, 5) is 10.7. The SMILES string of the molecule is CSc1cc(N2CCOC(CBr)C2)ncn1. The Labute approximate surface area is 108 Å². The predicted octanol–water partition coefficient (Wildman–Crippen LogP) is 1.80. The molecule has 1 fully saturated rings. The highest BCUT2D eigenvalue weighted by atomic mass is 79.9. The molecule has 0 bridgehead atoms. The molecule has 1 aliphatic rings. The summed E-state index contributed by atoms with van der Waals surface area (Å²) in [6.07, 6.45) is 3.90. The number of morpholine rings is 1. The van der Waals surface area contributed by atoms with E-state index in [4.69, 9.17) is 4.74 Å². The summed E-state index contributed by atoms with van der Waals surface area (Å²) in [6, 6.07) is 2.03. The monoisotopic (exact) mass is 303 g/mol. The Kier molecular flexibility index (Phi) is 4.43. The van der Waals surface area contributed by atoms with Gasteiger partial charge in [0.05, 0.1) is 12.7 Å². The molecular formula is C10H14BrN3OS. The minimum absolute atomic E-state index is 0.251. The Bertz CT molecular complexity index is 353. The molecule has 0 N–H and O–H groups in total. The number of anilines is 1. The van der Waals surface area contributed by atoms with E-state index in [0.29, 0.717) is 0 Å². The van der Waals surface area contributed by atoms with Crippen molar-refractivity contribution in [3.63, 3.8) is 0 Å². The van der Waals surface area contributed by atoms with Gasteiger partial charge in [-0.2, -0.15) is 0 Å². The zero-order valence-electron chi connectivity index (χ0n) is 9.10. The number of rotatable bonds is 3. The van der Waals surface area contributed by atoms with Crippen molar-refractivity contribution in [1.29, 1.82) is 0 Å². The Morgan fingerprint density at radius 3 is 3.25 bits per heavy atom. The maximum atomic E-state index is 5.60. The number of hydrogen-bond donors (Lipinski definition) is 0. The van der Waals surface area contributed by atoms with Crippen LogP contribution < -0.4 is 4.90 Å². The van der Waals surface area contributed by atoms with E-state index < -0.39 is 0 Å². The molecule has 0 aliphatic carbocycles. The lowest BCUT2D eigenvalue weighted by Crippen LogP contribution is -2.43. The number of ether oxygens (including phenoxy) is 1. The summed E-state index contributed by atoms with van der Waals surface area (Å²) in [6.45, 7) is 2.54. The molecule has 0 aromatic carbocycles. The van der Waals surface area contributed by atoms with Crippen LogP contribution in [0.4, 0.5) is 5.82 Å². The van der Waals surface area contributed by atoms with Gasteiger partial charge in [0, 0.05) is 24.5 Å². The molecule has 6 heteroatoms. The van der Waals surface area contributed by atoms with E-state index in [1.165, 1.54) is 0 Å². The average Bonchev–Trinajstić information content (AvgIpc) is 2.39. The van der Waals surface area contributed by atoms with Gasteiger partial charge in [-0.15, -0.1) is 11.8 Å². The molecule has 1 saturated heterocycles. The summed E-state index contributed by atoms with van der Waals surface area (Å²) in [5.74, 6) is 0.994. The first-order chi connectivity index (χ1) is 7.83. The number of nitrogens with zero attached hydrogens (tertiary/aromatic N) is 3. The molecule has 1 aliphatic heterocycles. The van der Waals surface area contributed by atoms with E-state index in [-0.39, 0.29) is 6.10 Å². The van der Waals surface area contributed by atoms with Crippen LogP contribution in [0.1, 0.15) is 0 Å². The second-order valence-corrected chi connectivity index (χ2v) is 4.99. The zero-order chi connectivity index (χ0) is 11.4. The second kappa shape index (κ2) is 5.84. The van der Waals surface area contributed by atoms with Crippen LogP contribution in [-0.2, 0) is 4.74 Å². The molecule has 2 rings (SSSR count). The van der Waals surface area contributed by atoms with E-state index in [1.54, 1.807) is 18.1 Å². The Morgan fingerprint density at radius 2 is 2.50 bits per heavy atom. The topological polar surface area (TPSA) is 38.2 Å². The highest BCUT2D eigenvalue weighted by Gasteiger charge is 2.20. The van der Waals surface area contributed by atoms with Crippen LogP contribution in [0, 0.1) is 0 Å². The molecule has 0 amide bonds. The molecule has 0 saturated carbocycles. The first kappa shape index (κ1) is 12.1. The van der Waals surface area contributed by atoms with Crippen molar-refractivity contribution >= 4 is 33.5 Å². The lowest BCUT2D eigenvalue weighted by molar-refractivity contribution is 0.0568. The van der Waals surface area contributed by atoms with Crippen molar-refractivity contribution in [3.05, 3.63) is 12.4 Å². The molecule has 16 heavy (non-hydrogen) atoms. The van der Waals surface area contributed by atoms with Crippen LogP contribution in [0.3, 0.4) is 0 Å². The predicted molar refractivity (Wildman–Crippen MR) is 69.6 cm³/mol. The third-order valence-corrected chi connectivity index (χ3v) is 3.84. The Morgan fingerprint density at radius 1 is 1.62 bits per heavy atom. The van der Waals surface area contributed by atoms with Gasteiger partial charge >= 0.3 is 0 Å². The number of alkyl halides is 1. The van der Waals surface area contributed by atoms with Gasteiger partial charge in [-0.05, 0) is 6.26 Å². The first-order valence-corrected chi connectivity index (χ1v) is 7.46. The van der Waals surface area contributed by atoms with Crippen molar-refractivity contribution in [2.45, 2.75) is 11.1 Å². The number of halogens is 1. The number of thioether (sulfide) groups is 1. The maximum Gasteiger partial charge on any atom is 0.133 e. The van der Waals surface area contributed by atoms with Crippen LogP contribution in [0.2, 0.25) is 0 Å². The molecule has 4 nitrogen and oxygen atoms in total. The first-order valence-electron chi connectivity index (χ1n) is 5.12. The van der Waals surface area contributed by atoms with Crippen LogP contribution in [-0.4, -0.2) is 47.4 Å². The zero-order valence-corrected chi connectivity index (χ0v) is 11.5. The van der Waals surface area contributed by atoms with Gasteiger partial charge in [0.25, 0.3) is 0 Å². The van der Waals surface area contributed by atoms with Crippen LogP contribution in [0.25, 0.3) is 0 Å². The van der Waals surface area contributed by atoms with E-state index in [0.717, 1.165) is 35.9 Å². The molecule has 1 unspecified atom stereocenters. The summed E-state index contributed by atoms with van der Waals surface area (Å²) < 4.78 is 5.60. The number of hydrogen-bond acceptors (Lipinski definition) is 5. The van der Waals surface area contributed by atoms with Gasteiger partial charge < -0.3 is 9.64 Å². The largest absolute Gasteiger partial charge is 0.374 e. The fourth-order valence-electron chi connectivity index (χ4n) is 1.64. The van der Waals surface area contributed by atoms with Crippen LogP contribution >= 0.6 is 27.7 Å². The average molecular weight is 304 g/mol. The van der Waals surface area contributed by atoms with Crippen molar-refractivity contribution in [3.8, 4) is 0 Å². The highest BCUT2D eigenvalue weighted by Crippen LogP contribution is 2.19. The molecule has 1 aromatic heterocycles. The van der Waals surface area contributed by atoms with E-state index in [1.807, 2.05) is 12.3 Å². The smallest absolute Gasteiger partial charge is 0.133 e. The fourth-order valence-corrected chi connectivity index (χ4v) is 2.40. The summed E-state index contributed by atoms with van der Waals surface area (Å²) in [5.41, 5.74) is 0. The lowest BCUT2D eigenvalue weighted by atomic mass is 10.3. The van der Waals surface area contributed by atoms with Crippen molar-refractivity contribution in [2.75, 3.05) is 36.2 Å². The minimum Gasteiger partial charge on any atom is -0.374 e. The fraction of sp³-hybridized carbons (Fsp3) is 0.600. The third kappa shape index (κ3) is 2.87. The van der Waals surface area contributed by atoms with E-state index >= 15 is 0 Å². The minimum atomic E-state index is 0.251. The van der Waals surface area contributed by atoms with Gasteiger partial charge in [-0.1, -0.05) is 15.9 Å². The van der Waals surface area contributed by atoms with Crippen LogP contribution in [0.5, 0.6) is 0 Å². The molecule has 0 radical (unpaired) electrons. The van der Waals surface area contributed by atoms with E-state index in [2.05, 4.69) is 30.8 Å². The van der Waals surface area contributed by atoms with E-state index in [9.17, 15) is 0 Å². The van der Waals surface area contributed by atoms with Crippen molar-refractivity contribution in [2.24, 2.45) is 0 Å². The van der Waals surface area contributed by atoms with Gasteiger partial charge in [-0.25, -0.2) is 9.97 Å². The van der Waals surface area contributed by atoms with Gasteiger partial charge in [0.2, 0.25) is 0 Å². The normalized spacial score (nSPS) is 21.1. The Balaban J connectivity index is 2.10. The molecule has 88 valence electrons. The second-order valence-electron chi connectivity index (χ2n) is 3.51. The molecular weight excluding hydrogens is 290 g/mol. The standard InChI is InChI=1S/C10H14BrN3OS/c1-16-10-4-9(12-7-13-10)14-2-3-15-8(5-11)6-14/h4,7-8H,2-3,5-6H2,1H3. The van der Waals surface area contributed by atoms with Crippen LogP contribution in [0.15, 0.2) is 17.4 Å². The summed E-state index contributed by atoms with van der Waals surface area (Å²) >= 11 is 5.09. The van der Waals surface area contributed by atoms with Gasteiger partial charge in [0.15, 0.2) is 0 Å². The summed E-state index contributed by atoms with van der Waals surface area (Å²) in [5, 5.41) is 1.87. The van der Waals surface area contributed by atoms with Crippen molar-refractivity contribution in [1.82, 2.24) is 9.97 Å². The molecule has 1 atom stereocenters. The third-order valence-electron chi connectivity index (χ3n) is 2.47. The lowest BCUT2D eigenvalue weighted by Gasteiger charge is -2.32.